The van der Waals surface area contributed by atoms with Crippen LogP contribution in [0.25, 0.3) is 0 Å². The smallest absolute Gasteiger partial charge is 0.160 e. The Kier molecular flexibility index (Phi) is 11.3. The minimum Gasteiger partial charge on any atom is -0.388 e. The van der Waals surface area contributed by atoms with Crippen molar-refractivity contribution in [1.82, 2.24) is 0 Å². The van der Waals surface area contributed by atoms with Crippen LogP contribution in [0.4, 0.5) is 14.5 Å². The number of nitrogens with one attached hydrogen (secondary N) is 1. The number of aldehydes is 1. The van der Waals surface area contributed by atoms with Gasteiger partial charge in [-0.1, -0.05) is 13.8 Å². The van der Waals surface area contributed by atoms with Crippen LogP contribution < -0.4 is 5.32 Å². The van der Waals surface area contributed by atoms with Crippen molar-refractivity contribution in [2.45, 2.75) is 20.8 Å². The first-order valence-corrected chi connectivity index (χ1v) is 4.68. The molecule has 0 saturated heterocycles. The van der Waals surface area contributed by atoms with Gasteiger partial charge in [-0.2, -0.15) is 0 Å². The van der Waals surface area contributed by atoms with E-state index in [0.29, 0.717) is 5.69 Å². The van der Waals surface area contributed by atoms with Gasteiger partial charge in [0.25, 0.3) is 0 Å². The summed E-state index contributed by atoms with van der Waals surface area (Å²) in [4.78, 5) is 8.81. The van der Waals surface area contributed by atoms with E-state index < -0.39 is 11.6 Å². The number of halogens is 2. The second kappa shape index (κ2) is 10.6. The summed E-state index contributed by atoms with van der Waals surface area (Å²) >= 11 is 0. The number of hydrogen-bond acceptors (Lipinski definition) is 2. The SMILES string of the molecule is CC.CC=O.CNc1ccc(F)c(F)c1. The summed E-state index contributed by atoms with van der Waals surface area (Å²) in [6, 6.07) is 3.66. The lowest BCUT2D eigenvalue weighted by Crippen LogP contribution is -1.90. The number of carbonyl (C=O) groups excluding carboxylic acids is 1. The molecular formula is C11H17F2NO. The van der Waals surface area contributed by atoms with E-state index in [2.05, 4.69) is 5.32 Å². The van der Waals surface area contributed by atoms with Crippen molar-refractivity contribution in [3.05, 3.63) is 29.8 Å². The Bertz CT molecular complexity index is 277. The molecule has 0 bridgehead atoms. The topological polar surface area (TPSA) is 29.1 Å². The molecular weight excluding hydrogens is 200 g/mol. The Morgan fingerprint density at radius 2 is 1.67 bits per heavy atom. The molecule has 0 aromatic heterocycles. The van der Waals surface area contributed by atoms with Gasteiger partial charge >= 0.3 is 0 Å². The zero-order valence-electron chi connectivity index (χ0n) is 9.47. The molecule has 4 heteroatoms. The number of anilines is 1. The maximum Gasteiger partial charge on any atom is 0.160 e. The van der Waals surface area contributed by atoms with Gasteiger partial charge in [0, 0.05) is 12.7 Å². The minimum absolute atomic E-state index is 0.568. The van der Waals surface area contributed by atoms with E-state index in [-0.39, 0.29) is 0 Å². The minimum atomic E-state index is -0.827. The maximum atomic E-state index is 12.4. The van der Waals surface area contributed by atoms with Gasteiger partial charge in [-0.05, 0) is 25.1 Å². The molecule has 0 unspecified atom stereocenters. The lowest BCUT2D eigenvalue weighted by molar-refractivity contribution is -0.106. The summed E-state index contributed by atoms with van der Waals surface area (Å²) in [5.74, 6) is -1.65. The molecule has 1 N–H and O–H groups in total. The molecule has 0 saturated carbocycles. The summed E-state index contributed by atoms with van der Waals surface area (Å²) < 4.78 is 24.6. The highest BCUT2D eigenvalue weighted by Gasteiger charge is 1.99. The van der Waals surface area contributed by atoms with Gasteiger partial charge < -0.3 is 10.1 Å². The van der Waals surface area contributed by atoms with Gasteiger partial charge in [-0.15, -0.1) is 0 Å². The second-order valence-electron chi connectivity index (χ2n) is 2.11. The van der Waals surface area contributed by atoms with Gasteiger partial charge in [-0.3, -0.25) is 0 Å². The van der Waals surface area contributed by atoms with E-state index in [9.17, 15) is 8.78 Å². The summed E-state index contributed by atoms with van der Waals surface area (Å²) in [5, 5.41) is 2.69. The average molecular weight is 217 g/mol. The molecule has 2 nitrogen and oxygen atoms in total. The third kappa shape index (κ3) is 7.61. The zero-order valence-corrected chi connectivity index (χ0v) is 9.47. The molecule has 0 aliphatic rings. The van der Waals surface area contributed by atoms with Crippen LogP contribution in [0.1, 0.15) is 20.8 Å². The lowest BCUT2D eigenvalue weighted by Gasteiger charge is -1.98. The maximum absolute atomic E-state index is 12.4. The van der Waals surface area contributed by atoms with Crippen LogP contribution in [0, 0.1) is 11.6 Å². The normalized spacial score (nSPS) is 7.60. The Morgan fingerprint density at radius 1 is 1.20 bits per heavy atom. The van der Waals surface area contributed by atoms with E-state index >= 15 is 0 Å². The largest absolute Gasteiger partial charge is 0.388 e. The highest BCUT2D eigenvalue weighted by Crippen LogP contribution is 2.11. The van der Waals surface area contributed by atoms with Gasteiger partial charge in [0.1, 0.15) is 6.29 Å². The third-order valence-corrected chi connectivity index (χ3v) is 1.21. The fourth-order valence-electron chi connectivity index (χ4n) is 0.652. The number of benzene rings is 1. The number of carbonyl (C=O) groups is 1. The first-order chi connectivity index (χ1) is 7.15. The second-order valence-corrected chi connectivity index (χ2v) is 2.11. The van der Waals surface area contributed by atoms with Gasteiger partial charge in [0.05, 0.1) is 0 Å². The Labute approximate surface area is 89.3 Å². The number of rotatable bonds is 1. The van der Waals surface area contributed by atoms with Crippen molar-refractivity contribution in [2.75, 3.05) is 12.4 Å². The van der Waals surface area contributed by atoms with Crippen molar-refractivity contribution in [1.29, 1.82) is 0 Å². The summed E-state index contributed by atoms with van der Waals surface area (Å²) in [6.07, 6.45) is 0.750. The van der Waals surface area contributed by atoms with E-state index in [1.165, 1.54) is 13.0 Å². The summed E-state index contributed by atoms with van der Waals surface area (Å²) in [5.41, 5.74) is 0.568. The molecule has 0 aliphatic heterocycles. The predicted octanol–water partition coefficient (Wildman–Crippen LogP) is 3.24. The molecule has 1 aromatic rings. The predicted molar refractivity (Wildman–Crippen MR) is 59.0 cm³/mol. The Morgan fingerprint density at radius 3 is 2.00 bits per heavy atom. The van der Waals surface area contributed by atoms with Gasteiger partial charge in [-0.25, -0.2) is 8.78 Å². The first kappa shape index (κ1) is 16.0. The summed E-state index contributed by atoms with van der Waals surface area (Å²) in [7, 11) is 1.65. The molecule has 0 fully saturated rings. The molecule has 0 heterocycles. The van der Waals surface area contributed by atoms with Crippen LogP contribution in [0.5, 0.6) is 0 Å². The van der Waals surface area contributed by atoms with E-state index in [0.717, 1.165) is 18.4 Å². The van der Waals surface area contributed by atoms with E-state index in [4.69, 9.17) is 4.79 Å². The molecule has 1 aromatic carbocycles. The zero-order chi connectivity index (χ0) is 12.3. The Balaban J connectivity index is 0. The van der Waals surface area contributed by atoms with Crippen molar-refractivity contribution >= 4 is 12.0 Å². The third-order valence-electron chi connectivity index (χ3n) is 1.21. The van der Waals surface area contributed by atoms with Gasteiger partial charge in [0.15, 0.2) is 11.6 Å². The molecule has 0 radical (unpaired) electrons. The van der Waals surface area contributed by atoms with Crippen LogP contribution in [0.3, 0.4) is 0 Å². The van der Waals surface area contributed by atoms with Crippen LogP contribution in [0.2, 0.25) is 0 Å². The average Bonchev–Trinajstić information content (AvgIpc) is 2.26. The number of hydrogen-bond donors (Lipinski definition) is 1. The molecule has 0 amide bonds. The Hall–Kier alpha value is -1.45. The van der Waals surface area contributed by atoms with Gasteiger partial charge in [0.2, 0.25) is 0 Å². The highest BCUT2D eigenvalue weighted by molar-refractivity contribution is 5.44. The van der Waals surface area contributed by atoms with Crippen molar-refractivity contribution < 1.29 is 13.6 Å². The fourth-order valence-corrected chi connectivity index (χ4v) is 0.652. The fraction of sp³-hybridized carbons (Fsp3) is 0.364. The van der Waals surface area contributed by atoms with Crippen molar-refractivity contribution in [3.63, 3.8) is 0 Å². The van der Waals surface area contributed by atoms with Crippen molar-refractivity contribution in [3.8, 4) is 0 Å². The molecule has 1 rings (SSSR count). The monoisotopic (exact) mass is 217 g/mol. The molecule has 0 atom stereocenters. The quantitative estimate of drug-likeness (QED) is 0.732. The lowest BCUT2D eigenvalue weighted by atomic mass is 10.3. The summed E-state index contributed by atoms with van der Waals surface area (Å²) in [6.45, 7) is 5.44. The van der Waals surface area contributed by atoms with Crippen LogP contribution >= 0.6 is 0 Å². The van der Waals surface area contributed by atoms with E-state index in [1.807, 2.05) is 13.8 Å². The highest BCUT2D eigenvalue weighted by atomic mass is 19.2. The van der Waals surface area contributed by atoms with Crippen molar-refractivity contribution in [2.24, 2.45) is 0 Å². The van der Waals surface area contributed by atoms with Crippen LogP contribution in [0.15, 0.2) is 18.2 Å². The molecule has 15 heavy (non-hydrogen) atoms. The first-order valence-electron chi connectivity index (χ1n) is 4.68. The molecule has 86 valence electrons. The molecule has 0 aliphatic carbocycles. The standard InChI is InChI=1S/C7H7F2N.C2H4O.C2H6/c1-10-5-2-3-6(8)7(9)4-5;1-2-3;1-2/h2-4,10H,1H3;2H,1H3;1-2H3. The van der Waals surface area contributed by atoms with E-state index in [1.54, 1.807) is 7.05 Å². The van der Waals surface area contributed by atoms with Crippen LogP contribution in [-0.4, -0.2) is 13.3 Å². The molecule has 0 spiro atoms. The van der Waals surface area contributed by atoms with Crippen LogP contribution in [-0.2, 0) is 4.79 Å².